The normalized spacial score (nSPS) is 34.8. The summed E-state index contributed by atoms with van der Waals surface area (Å²) in [6.07, 6.45) is 6.44. The molecule has 3 atom stereocenters. The Bertz CT molecular complexity index is 343. The molecule has 0 aromatic heterocycles. The highest BCUT2D eigenvalue weighted by molar-refractivity contribution is 14.1. The van der Waals surface area contributed by atoms with Crippen molar-refractivity contribution in [3.63, 3.8) is 0 Å². The number of halogens is 2. The first-order valence-electron chi connectivity index (χ1n) is 6.71. The van der Waals surface area contributed by atoms with Gasteiger partial charge in [0.2, 0.25) is 0 Å². The predicted molar refractivity (Wildman–Crippen MR) is 80.3 cm³/mol. The SMILES string of the molecule is CC1=C(C2=CCC(F)CC2)[C@@H](C)CC(CI)C1. The van der Waals surface area contributed by atoms with Crippen molar-refractivity contribution in [1.82, 2.24) is 0 Å². The largest absolute Gasteiger partial charge is 0.247 e. The van der Waals surface area contributed by atoms with E-state index in [1.165, 1.54) is 22.8 Å². The highest BCUT2D eigenvalue weighted by Gasteiger charge is 2.27. The molecular formula is C15H22FI. The Morgan fingerprint density at radius 3 is 2.76 bits per heavy atom. The molecule has 2 aliphatic rings. The molecule has 2 heteroatoms. The van der Waals surface area contributed by atoms with E-state index in [2.05, 4.69) is 42.5 Å². The van der Waals surface area contributed by atoms with Gasteiger partial charge in [0, 0.05) is 4.43 Å². The zero-order chi connectivity index (χ0) is 12.4. The van der Waals surface area contributed by atoms with Gasteiger partial charge in [0.15, 0.2) is 0 Å². The summed E-state index contributed by atoms with van der Waals surface area (Å²) in [5, 5.41) is 0. The Kier molecular flexibility index (Phi) is 4.67. The number of hydrogen-bond acceptors (Lipinski definition) is 0. The molecule has 0 saturated carbocycles. The van der Waals surface area contributed by atoms with Crippen molar-refractivity contribution < 1.29 is 4.39 Å². The zero-order valence-electron chi connectivity index (χ0n) is 10.8. The van der Waals surface area contributed by atoms with Gasteiger partial charge in [0.05, 0.1) is 0 Å². The van der Waals surface area contributed by atoms with E-state index >= 15 is 0 Å². The number of alkyl halides is 2. The molecule has 0 aromatic rings. The van der Waals surface area contributed by atoms with Crippen LogP contribution in [0.1, 0.15) is 46.0 Å². The van der Waals surface area contributed by atoms with E-state index in [1.807, 2.05) is 0 Å². The van der Waals surface area contributed by atoms with Crippen LogP contribution in [0, 0.1) is 11.8 Å². The summed E-state index contributed by atoms with van der Waals surface area (Å²) < 4.78 is 14.4. The quantitative estimate of drug-likeness (QED) is 0.473. The summed E-state index contributed by atoms with van der Waals surface area (Å²) in [4.78, 5) is 0. The molecular weight excluding hydrogens is 326 g/mol. The topological polar surface area (TPSA) is 0 Å². The molecule has 0 spiro atoms. The molecule has 0 radical (unpaired) electrons. The molecule has 2 aliphatic carbocycles. The molecule has 0 bridgehead atoms. The third-order valence-electron chi connectivity index (χ3n) is 4.15. The highest BCUT2D eigenvalue weighted by Crippen LogP contribution is 2.41. The second-order valence-electron chi connectivity index (χ2n) is 5.66. The Morgan fingerprint density at radius 2 is 2.24 bits per heavy atom. The standard InChI is InChI=1S/C15H22FI/c1-10-7-12(9-17)8-11(2)15(10)13-3-5-14(16)6-4-13/h3,10,12,14H,4-9H2,1-2H3/t10-,12?,14?/m0/s1. The minimum atomic E-state index is -0.597. The molecule has 0 amide bonds. The molecule has 2 rings (SSSR count). The lowest BCUT2D eigenvalue weighted by Crippen LogP contribution is -2.20. The summed E-state index contributed by atoms with van der Waals surface area (Å²) in [5.74, 6) is 1.53. The number of hydrogen-bond donors (Lipinski definition) is 0. The van der Waals surface area contributed by atoms with Gasteiger partial charge in [-0.05, 0) is 62.0 Å². The second kappa shape index (κ2) is 5.85. The minimum absolute atomic E-state index is 0.597. The van der Waals surface area contributed by atoms with Crippen molar-refractivity contribution in [3.05, 3.63) is 22.8 Å². The molecule has 0 saturated heterocycles. The molecule has 0 aliphatic heterocycles. The van der Waals surface area contributed by atoms with Crippen LogP contribution in [0.3, 0.4) is 0 Å². The molecule has 2 unspecified atom stereocenters. The van der Waals surface area contributed by atoms with E-state index in [0.29, 0.717) is 12.3 Å². The van der Waals surface area contributed by atoms with Crippen LogP contribution in [0.2, 0.25) is 0 Å². The van der Waals surface area contributed by atoms with E-state index in [9.17, 15) is 4.39 Å². The first kappa shape index (κ1) is 13.6. The van der Waals surface area contributed by atoms with Crippen LogP contribution in [0.5, 0.6) is 0 Å². The monoisotopic (exact) mass is 348 g/mol. The first-order chi connectivity index (χ1) is 8.11. The van der Waals surface area contributed by atoms with Crippen molar-refractivity contribution in [2.75, 3.05) is 4.43 Å². The fourth-order valence-corrected chi connectivity index (χ4v) is 4.09. The van der Waals surface area contributed by atoms with Gasteiger partial charge in [-0.25, -0.2) is 4.39 Å². The molecule has 0 N–H and O–H groups in total. The maximum absolute atomic E-state index is 13.2. The summed E-state index contributed by atoms with van der Waals surface area (Å²) >= 11 is 2.50. The molecule has 0 fully saturated rings. The van der Waals surface area contributed by atoms with E-state index in [1.54, 1.807) is 11.1 Å². The molecule has 0 heterocycles. The van der Waals surface area contributed by atoms with Gasteiger partial charge in [-0.1, -0.05) is 41.2 Å². The Labute approximate surface area is 118 Å². The van der Waals surface area contributed by atoms with Crippen LogP contribution >= 0.6 is 22.6 Å². The van der Waals surface area contributed by atoms with E-state index in [4.69, 9.17) is 0 Å². The Hall–Kier alpha value is 0.140. The highest BCUT2D eigenvalue weighted by atomic mass is 127. The number of allylic oxidation sites excluding steroid dienone is 4. The van der Waals surface area contributed by atoms with Crippen molar-refractivity contribution in [2.45, 2.75) is 52.1 Å². The van der Waals surface area contributed by atoms with Crippen LogP contribution in [-0.4, -0.2) is 10.6 Å². The smallest absolute Gasteiger partial charge is 0.104 e. The molecule has 0 aromatic carbocycles. The van der Waals surface area contributed by atoms with Gasteiger partial charge < -0.3 is 0 Å². The van der Waals surface area contributed by atoms with Crippen LogP contribution in [0.25, 0.3) is 0 Å². The van der Waals surface area contributed by atoms with Crippen LogP contribution in [0.15, 0.2) is 22.8 Å². The zero-order valence-corrected chi connectivity index (χ0v) is 13.0. The van der Waals surface area contributed by atoms with Gasteiger partial charge in [0.25, 0.3) is 0 Å². The molecule has 0 nitrogen and oxygen atoms in total. The van der Waals surface area contributed by atoms with E-state index in [-0.39, 0.29) is 0 Å². The first-order valence-corrected chi connectivity index (χ1v) is 8.23. The van der Waals surface area contributed by atoms with Crippen molar-refractivity contribution in [3.8, 4) is 0 Å². The maximum Gasteiger partial charge on any atom is 0.104 e. The third-order valence-corrected chi connectivity index (χ3v) is 5.39. The lowest BCUT2D eigenvalue weighted by atomic mass is 9.74. The fourth-order valence-electron chi connectivity index (χ4n) is 3.42. The van der Waals surface area contributed by atoms with Gasteiger partial charge >= 0.3 is 0 Å². The van der Waals surface area contributed by atoms with Crippen molar-refractivity contribution in [1.29, 1.82) is 0 Å². The van der Waals surface area contributed by atoms with Crippen LogP contribution < -0.4 is 0 Å². The van der Waals surface area contributed by atoms with Gasteiger partial charge in [-0.3, -0.25) is 0 Å². The Balaban J connectivity index is 2.19. The van der Waals surface area contributed by atoms with Crippen molar-refractivity contribution >= 4 is 22.6 Å². The second-order valence-corrected chi connectivity index (χ2v) is 6.54. The lowest BCUT2D eigenvalue weighted by molar-refractivity contribution is 0.306. The minimum Gasteiger partial charge on any atom is -0.247 e. The lowest BCUT2D eigenvalue weighted by Gasteiger charge is -2.33. The van der Waals surface area contributed by atoms with Gasteiger partial charge in [-0.2, -0.15) is 0 Å². The Morgan fingerprint density at radius 1 is 1.47 bits per heavy atom. The van der Waals surface area contributed by atoms with Crippen molar-refractivity contribution in [2.24, 2.45) is 11.8 Å². The molecule has 17 heavy (non-hydrogen) atoms. The van der Waals surface area contributed by atoms with E-state index in [0.717, 1.165) is 18.8 Å². The van der Waals surface area contributed by atoms with Gasteiger partial charge in [0.1, 0.15) is 6.17 Å². The average molecular weight is 348 g/mol. The maximum atomic E-state index is 13.2. The summed E-state index contributed by atoms with van der Waals surface area (Å²) in [6.45, 7) is 4.63. The summed E-state index contributed by atoms with van der Waals surface area (Å²) in [5.41, 5.74) is 4.59. The van der Waals surface area contributed by atoms with Crippen LogP contribution in [-0.2, 0) is 0 Å². The van der Waals surface area contributed by atoms with Gasteiger partial charge in [-0.15, -0.1) is 0 Å². The summed E-state index contributed by atoms with van der Waals surface area (Å²) in [7, 11) is 0. The predicted octanol–water partition coefficient (Wildman–Crippen LogP) is 5.23. The molecule has 96 valence electrons. The third kappa shape index (κ3) is 3.12. The van der Waals surface area contributed by atoms with Crippen LogP contribution in [0.4, 0.5) is 4.39 Å². The number of rotatable bonds is 2. The fraction of sp³-hybridized carbons (Fsp3) is 0.733. The average Bonchev–Trinajstić information content (AvgIpc) is 2.30. The summed E-state index contributed by atoms with van der Waals surface area (Å²) in [6, 6.07) is 0. The van der Waals surface area contributed by atoms with E-state index < -0.39 is 6.17 Å².